The van der Waals surface area contributed by atoms with Gasteiger partial charge in [0.05, 0.1) is 12.0 Å². The van der Waals surface area contributed by atoms with E-state index in [1.54, 1.807) is 24.9 Å². The number of nitrogens with zero attached hydrogens (tertiary/aromatic N) is 2. The minimum Gasteiger partial charge on any atom is -0.477 e. The molecule has 0 radical (unpaired) electrons. The third kappa shape index (κ3) is 2.32. The Morgan fingerprint density at radius 1 is 1.71 bits per heavy atom. The number of carboxylic acid groups (broad SMARTS) is 1. The molecule has 0 saturated heterocycles. The molecule has 0 aliphatic rings. The summed E-state index contributed by atoms with van der Waals surface area (Å²) in [7, 11) is 1.62. The molecule has 0 aliphatic heterocycles. The van der Waals surface area contributed by atoms with Gasteiger partial charge in [-0.2, -0.15) is 0 Å². The molecule has 0 unspecified atom stereocenters. The van der Waals surface area contributed by atoms with Crippen LogP contribution in [-0.4, -0.2) is 34.3 Å². The molecule has 1 N–H and O–H groups in total. The molecule has 0 bridgehead atoms. The van der Waals surface area contributed by atoms with Crippen molar-refractivity contribution in [3.63, 3.8) is 0 Å². The standard InChI is InChI=1S/C9H14N2O3/c1-7-8(9(12)13)11(6-10-7)4-3-5-14-2/h6H,3-5H2,1-2H3,(H,12,13). The van der Waals surface area contributed by atoms with E-state index in [4.69, 9.17) is 9.84 Å². The normalized spacial score (nSPS) is 10.4. The van der Waals surface area contributed by atoms with Crippen LogP contribution in [0.3, 0.4) is 0 Å². The van der Waals surface area contributed by atoms with Gasteiger partial charge in [0.25, 0.3) is 0 Å². The van der Waals surface area contributed by atoms with Gasteiger partial charge in [-0.05, 0) is 13.3 Å². The molecule has 1 rings (SSSR count). The SMILES string of the molecule is COCCCn1cnc(C)c1C(=O)O. The summed E-state index contributed by atoms with van der Waals surface area (Å²) in [5.41, 5.74) is 0.816. The first-order chi connectivity index (χ1) is 6.66. The Bertz CT molecular complexity index is 320. The molecule has 0 amide bonds. The number of carboxylic acids is 1. The summed E-state index contributed by atoms with van der Waals surface area (Å²) < 4.78 is 6.53. The summed E-state index contributed by atoms with van der Waals surface area (Å²) in [4.78, 5) is 14.8. The van der Waals surface area contributed by atoms with Gasteiger partial charge in [0.15, 0.2) is 0 Å². The van der Waals surface area contributed by atoms with Gasteiger partial charge in [-0.15, -0.1) is 0 Å². The van der Waals surface area contributed by atoms with Crippen LogP contribution in [0.25, 0.3) is 0 Å². The van der Waals surface area contributed by atoms with Crippen molar-refractivity contribution in [3.05, 3.63) is 17.7 Å². The monoisotopic (exact) mass is 198 g/mol. The molecule has 5 heteroatoms. The molecular weight excluding hydrogens is 184 g/mol. The minimum atomic E-state index is -0.933. The van der Waals surface area contributed by atoms with Gasteiger partial charge in [-0.25, -0.2) is 9.78 Å². The van der Waals surface area contributed by atoms with E-state index in [9.17, 15) is 4.79 Å². The molecule has 5 nitrogen and oxygen atoms in total. The summed E-state index contributed by atoms with van der Waals surface area (Å²) in [5.74, 6) is -0.933. The van der Waals surface area contributed by atoms with E-state index in [1.807, 2.05) is 0 Å². The Morgan fingerprint density at radius 3 is 3.00 bits per heavy atom. The maximum Gasteiger partial charge on any atom is 0.354 e. The molecule has 0 spiro atoms. The number of aromatic carboxylic acids is 1. The highest BCUT2D eigenvalue weighted by molar-refractivity contribution is 5.86. The number of hydrogen-bond donors (Lipinski definition) is 1. The third-order valence-electron chi connectivity index (χ3n) is 1.97. The summed E-state index contributed by atoms with van der Waals surface area (Å²) in [5, 5.41) is 8.90. The number of hydrogen-bond acceptors (Lipinski definition) is 3. The average Bonchev–Trinajstić information content (AvgIpc) is 2.47. The van der Waals surface area contributed by atoms with Gasteiger partial charge >= 0.3 is 5.97 Å². The number of ether oxygens (including phenoxy) is 1. The molecular formula is C9H14N2O3. The van der Waals surface area contributed by atoms with Crippen LogP contribution < -0.4 is 0 Å². The first-order valence-corrected chi connectivity index (χ1v) is 4.40. The molecule has 0 atom stereocenters. The molecule has 78 valence electrons. The molecule has 14 heavy (non-hydrogen) atoms. The highest BCUT2D eigenvalue weighted by Crippen LogP contribution is 2.07. The first-order valence-electron chi connectivity index (χ1n) is 4.40. The Morgan fingerprint density at radius 2 is 2.43 bits per heavy atom. The Labute approximate surface area is 82.3 Å². The Balaban J connectivity index is 2.71. The van der Waals surface area contributed by atoms with Crippen molar-refractivity contribution in [2.45, 2.75) is 19.9 Å². The van der Waals surface area contributed by atoms with E-state index < -0.39 is 5.97 Å². The van der Waals surface area contributed by atoms with Crippen molar-refractivity contribution in [1.82, 2.24) is 9.55 Å². The zero-order valence-electron chi connectivity index (χ0n) is 8.36. The predicted octanol–water partition coefficient (Wildman–Crippen LogP) is 0.926. The summed E-state index contributed by atoms with van der Waals surface area (Å²) in [6, 6.07) is 0. The fraction of sp³-hybridized carbons (Fsp3) is 0.556. The van der Waals surface area contributed by atoms with Gasteiger partial charge in [0, 0.05) is 20.3 Å². The predicted molar refractivity (Wildman–Crippen MR) is 50.4 cm³/mol. The van der Waals surface area contributed by atoms with Crippen LogP contribution in [0.15, 0.2) is 6.33 Å². The highest BCUT2D eigenvalue weighted by Gasteiger charge is 2.13. The lowest BCUT2D eigenvalue weighted by Gasteiger charge is -2.04. The fourth-order valence-electron chi connectivity index (χ4n) is 1.31. The second-order valence-corrected chi connectivity index (χ2v) is 3.02. The average molecular weight is 198 g/mol. The molecule has 1 aromatic heterocycles. The van der Waals surface area contributed by atoms with Crippen molar-refractivity contribution in [2.24, 2.45) is 0 Å². The zero-order chi connectivity index (χ0) is 10.6. The van der Waals surface area contributed by atoms with Crippen LogP contribution in [0.1, 0.15) is 22.6 Å². The maximum absolute atomic E-state index is 10.8. The smallest absolute Gasteiger partial charge is 0.354 e. The van der Waals surface area contributed by atoms with Crippen molar-refractivity contribution < 1.29 is 14.6 Å². The number of methoxy groups -OCH3 is 1. The number of aromatic nitrogens is 2. The molecule has 0 fully saturated rings. The minimum absolute atomic E-state index is 0.265. The number of carbonyl (C=O) groups is 1. The van der Waals surface area contributed by atoms with Gasteiger partial charge in [0.2, 0.25) is 0 Å². The Kier molecular flexibility index (Phi) is 3.64. The van der Waals surface area contributed by atoms with E-state index in [0.717, 1.165) is 6.42 Å². The highest BCUT2D eigenvalue weighted by atomic mass is 16.5. The number of aryl methyl sites for hydroxylation is 2. The van der Waals surface area contributed by atoms with Crippen LogP contribution in [0.2, 0.25) is 0 Å². The van der Waals surface area contributed by atoms with Crippen molar-refractivity contribution in [3.8, 4) is 0 Å². The number of imidazole rings is 1. The van der Waals surface area contributed by atoms with E-state index >= 15 is 0 Å². The van der Waals surface area contributed by atoms with Crippen molar-refractivity contribution in [2.75, 3.05) is 13.7 Å². The van der Waals surface area contributed by atoms with Gasteiger partial charge in [-0.3, -0.25) is 0 Å². The molecule has 0 aliphatic carbocycles. The molecule has 0 aromatic carbocycles. The molecule has 1 heterocycles. The summed E-state index contributed by atoms with van der Waals surface area (Å²) in [6.07, 6.45) is 2.33. The third-order valence-corrected chi connectivity index (χ3v) is 1.97. The van der Waals surface area contributed by atoms with Crippen molar-refractivity contribution in [1.29, 1.82) is 0 Å². The second-order valence-electron chi connectivity index (χ2n) is 3.02. The topological polar surface area (TPSA) is 64.4 Å². The van der Waals surface area contributed by atoms with E-state index in [-0.39, 0.29) is 5.69 Å². The fourth-order valence-corrected chi connectivity index (χ4v) is 1.31. The van der Waals surface area contributed by atoms with Crippen LogP contribution in [0.5, 0.6) is 0 Å². The zero-order valence-corrected chi connectivity index (χ0v) is 8.36. The second kappa shape index (κ2) is 4.76. The Hall–Kier alpha value is -1.36. The van der Waals surface area contributed by atoms with E-state index in [2.05, 4.69) is 4.98 Å². The van der Waals surface area contributed by atoms with E-state index in [0.29, 0.717) is 18.8 Å². The van der Waals surface area contributed by atoms with Crippen molar-refractivity contribution >= 4 is 5.97 Å². The quantitative estimate of drug-likeness (QED) is 0.715. The van der Waals surface area contributed by atoms with Crippen LogP contribution in [0.4, 0.5) is 0 Å². The lowest BCUT2D eigenvalue weighted by Crippen LogP contribution is -2.10. The lowest BCUT2D eigenvalue weighted by atomic mass is 10.3. The maximum atomic E-state index is 10.8. The molecule has 0 saturated carbocycles. The van der Waals surface area contributed by atoms with Crippen LogP contribution in [0, 0.1) is 6.92 Å². The van der Waals surface area contributed by atoms with E-state index in [1.165, 1.54) is 0 Å². The molecule has 1 aromatic rings. The largest absolute Gasteiger partial charge is 0.477 e. The first kappa shape index (κ1) is 10.7. The van der Waals surface area contributed by atoms with Gasteiger partial charge in [0.1, 0.15) is 5.69 Å². The summed E-state index contributed by atoms with van der Waals surface area (Å²) in [6.45, 7) is 2.93. The van der Waals surface area contributed by atoms with Gasteiger partial charge < -0.3 is 14.4 Å². The number of rotatable bonds is 5. The van der Waals surface area contributed by atoms with Gasteiger partial charge in [-0.1, -0.05) is 0 Å². The van der Waals surface area contributed by atoms with Crippen LogP contribution >= 0.6 is 0 Å². The van der Waals surface area contributed by atoms with Crippen LogP contribution in [-0.2, 0) is 11.3 Å². The summed E-state index contributed by atoms with van der Waals surface area (Å²) >= 11 is 0. The lowest BCUT2D eigenvalue weighted by molar-refractivity contribution is 0.0683.